The summed E-state index contributed by atoms with van der Waals surface area (Å²) in [5, 5.41) is 9.30. The zero-order valence-electron chi connectivity index (χ0n) is 32.6. The van der Waals surface area contributed by atoms with Crippen molar-refractivity contribution < 1.29 is 4.39 Å². The summed E-state index contributed by atoms with van der Waals surface area (Å²) in [7, 11) is 0. The van der Waals surface area contributed by atoms with Crippen LogP contribution in [0.3, 0.4) is 0 Å². The van der Waals surface area contributed by atoms with Crippen molar-refractivity contribution in [1.82, 2.24) is 0 Å². The monoisotopic (exact) mass is 776 g/mol. The number of anilines is 6. The van der Waals surface area contributed by atoms with E-state index in [4.69, 9.17) is 0 Å². The Morgan fingerprint density at radius 1 is 0.424 bits per heavy atom. The van der Waals surface area contributed by atoms with Gasteiger partial charge in [-0.05, 0) is 92.8 Å². The lowest BCUT2D eigenvalue weighted by Crippen LogP contribution is -2.16. The van der Waals surface area contributed by atoms with E-state index < -0.39 is 0 Å². The van der Waals surface area contributed by atoms with Crippen LogP contribution in [-0.4, -0.2) is 0 Å². The first kappa shape index (κ1) is 34.1. The number of benzene rings is 10. The van der Waals surface area contributed by atoms with E-state index >= 15 is 4.39 Å². The highest BCUT2D eigenvalue weighted by molar-refractivity contribution is 7.26. The number of fused-ring (bicyclic) bond motifs is 6. The van der Waals surface area contributed by atoms with Gasteiger partial charge in [0.25, 0.3) is 0 Å². The van der Waals surface area contributed by atoms with Gasteiger partial charge in [-0.2, -0.15) is 0 Å². The summed E-state index contributed by atoms with van der Waals surface area (Å²) in [4.78, 5) is 4.60. The molecule has 0 amide bonds. The van der Waals surface area contributed by atoms with Crippen molar-refractivity contribution in [3.63, 3.8) is 0 Å². The molecule has 1 heterocycles. The Morgan fingerprint density at radius 2 is 1.00 bits per heavy atom. The first-order valence-corrected chi connectivity index (χ1v) is 21.0. The van der Waals surface area contributed by atoms with Gasteiger partial charge in [-0.15, -0.1) is 11.3 Å². The molecule has 1 aromatic heterocycles. The normalized spacial score (nSPS) is 13.1. The van der Waals surface area contributed by atoms with Gasteiger partial charge in [0.2, 0.25) is 0 Å². The zero-order valence-corrected chi connectivity index (χ0v) is 33.4. The van der Waals surface area contributed by atoms with Crippen molar-refractivity contribution in [2.24, 2.45) is 0 Å². The van der Waals surface area contributed by atoms with Crippen molar-refractivity contribution >= 4 is 98.0 Å². The van der Waals surface area contributed by atoms with E-state index in [9.17, 15) is 0 Å². The Morgan fingerprint density at radius 3 is 1.78 bits per heavy atom. The predicted octanol–water partition coefficient (Wildman–Crippen LogP) is 16.3. The summed E-state index contributed by atoms with van der Waals surface area (Å²) in [5.41, 5.74) is 10.9. The van der Waals surface area contributed by atoms with Crippen LogP contribution < -0.4 is 9.80 Å². The van der Waals surface area contributed by atoms with Gasteiger partial charge in [0.15, 0.2) is 0 Å². The van der Waals surface area contributed by atoms with Gasteiger partial charge >= 0.3 is 0 Å². The third kappa shape index (κ3) is 4.90. The van der Waals surface area contributed by atoms with Crippen LogP contribution in [0.2, 0.25) is 0 Å². The van der Waals surface area contributed by atoms with Gasteiger partial charge in [0.1, 0.15) is 5.82 Å². The smallest absolute Gasteiger partial charge is 0.147 e. The average molecular weight is 777 g/mol. The van der Waals surface area contributed by atoms with Crippen LogP contribution in [-0.2, 0) is 5.41 Å². The molecule has 1 aliphatic rings. The van der Waals surface area contributed by atoms with Crippen molar-refractivity contribution in [2.75, 3.05) is 9.80 Å². The predicted molar refractivity (Wildman–Crippen MR) is 250 cm³/mol. The second-order valence-electron chi connectivity index (χ2n) is 16.2. The first-order valence-electron chi connectivity index (χ1n) is 20.2. The maximum Gasteiger partial charge on any atom is 0.147 e. The van der Waals surface area contributed by atoms with Crippen molar-refractivity contribution in [3.05, 3.63) is 205 Å². The van der Waals surface area contributed by atoms with Crippen molar-refractivity contribution in [2.45, 2.75) is 19.3 Å². The number of halogens is 1. The molecular formula is C55H37FN2S. The summed E-state index contributed by atoms with van der Waals surface area (Å²) in [6.07, 6.45) is 0. The molecule has 280 valence electrons. The van der Waals surface area contributed by atoms with Crippen molar-refractivity contribution in [3.8, 4) is 11.1 Å². The van der Waals surface area contributed by atoms with Crippen LogP contribution in [0.4, 0.5) is 38.5 Å². The molecule has 11 aromatic rings. The molecule has 0 saturated heterocycles. The van der Waals surface area contributed by atoms with Gasteiger partial charge in [0, 0.05) is 42.9 Å². The average Bonchev–Trinajstić information content (AvgIpc) is 3.77. The summed E-state index contributed by atoms with van der Waals surface area (Å²) in [5.74, 6) is -0.266. The summed E-state index contributed by atoms with van der Waals surface area (Å²) in [6, 6.07) is 66.5. The highest BCUT2D eigenvalue weighted by atomic mass is 32.1. The van der Waals surface area contributed by atoms with Gasteiger partial charge in [-0.25, -0.2) is 4.39 Å². The topological polar surface area (TPSA) is 6.48 Å². The minimum atomic E-state index is -0.266. The molecule has 12 rings (SSSR count). The van der Waals surface area contributed by atoms with E-state index in [0.717, 1.165) is 49.3 Å². The fourth-order valence-corrected chi connectivity index (χ4v) is 11.2. The Labute approximate surface area is 346 Å². The Balaban J connectivity index is 1.14. The standard InChI is InChI=1S/C55H37FN2S/c1-55(2)42-19-8-6-17-39(42)53-43(55)20-13-23-48(53)57(36-14-4-3-5-15-36)45-32-28-34-27-31-41-46(33-29-35-26-30-40(45)51(34)52(35)41)58(47-22-10-9-21-44(47)56)49-24-12-18-38-37-16-7-11-25-50(37)59-54(38)49/h3-33H,1-2H3. The number of hydrogen-bond acceptors (Lipinski definition) is 3. The molecule has 0 radical (unpaired) electrons. The van der Waals surface area contributed by atoms with E-state index in [1.165, 1.54) is 53.9 Å². The molecule has 0 N–H and O–H groups in total. The SMILES string of the molecule is CC1(C)c2ccccc2-c2c(N(c3ccccc3)c3ccc4ccc5c(N(c6ccccc6F)c6cccc7c6sc6ccccc67)ccc6ccc3c4c65)cccc21. The molecule has 2 nitrogen and oxygen atoms in total. The lowest BCUT2D eigenvalue weighted by molar-refractivity contribution is 0.629. The Bertz CT molecular complexity index is 3460. The van der Waals surface area contributed by atoms with E-state index in [2.05, 4.69) is 187 Å². The summed E-state index contributed by atoms with van der Waals surface area (Å²) >= 11 is 1.76. The molecular weight excluding hydrogens is 740 g/mol. The quantitative estimate of drug-likeness (QED) is 0.155. The van der Waals surface area contributed by atoms with Crippen LogP contribution in [0, 0.1) is 5.82 Å². The largest absolute Gasteiger partial charge is 0.309 e. The second-order valence-corrected chi connectivity index (χ2v) is 17.2. The van der Waals surface area contributed by atoms with Gasteiger partial charge in [0.05, 0.1) is 33.1 Å². The molecule has 0 spiro atoms. The molecule has 4 heteroatoms. The van der Waals surface area contributed by atoms with E-state index in [1.54, 1.807) is 23.5 Å². The van der Waals surface area contributed by atoms with Crippen LogP contribution in [0.1, 0.15) is 25.0 Å². The molecule has 0 bridgehead atoms. The fourth-order valence-electron chi connectivity index (χ4n) is 10.00. The van der Waals surface area contributed by atoms with Crippen LogP contribution in [0.25, 0.3) is 63.6 Å². The molecule has 0 atom stereocenters. The number of rotatable bonds is 6. The maximum absolute atomic E-state index is 16.3. The van der Waals surface area contributed by atoms with Crippen molar-refractivity contribution in [1.29, 1.82) is 0 Å². The molecule has 0 unspecified atom stereocenters. The zero-order chi connectivity index (χ0) is 39.4. The third-order valence-corrected chi connectivity index (χ3v) is 13.9. The number of para-hydroxylation sites is 2. The van der Waals surface area contributed by atoms with E-state index in [1.807, 2.05) is 12.1 Å². The van der Waals surface area contributed by atoms with E-state index in [0.29, 0.717) is 5.69 Å². The van der Waals surface area contributed by atoms with Gasteiger partial charge < -0.3 is 9.80 Å². The van der Waals surface area contributed by atoms with Crippen LogP contribution in [0.15, 0.2) is 188 Å². The Hall–Kier alpha value is -7.01. The fraction of sp³-hybridized carbons (Fsp3) is 0.0545. The van der Waals surface area contributed by atoms with Gasteiger partial charge in [-0.3, -0.25) is 0 Å². The maximum atomic E-state index is 16.3. The molecule has 10 aromatic carbocycles. The minimum absolute atomic E-state index is 0.131. The number of thiophene rings is 1. The molecule has 0 saturated carbocycles. The third-order valence-electron chi connectivity index (χ3n) is 12.7. The van der Waals surface area contributed by atoms with E-state index in [-0.39, 0.29) is 11.2 Å². The second kappa shape index (κ2) is 12.7. The Kier molecular flexibility index (Phi) is 7.36. The lowest BCUT2D eigenvalue weighted by atomic mass is 9.82. The molecule has 59 heavy (non-hydrogen) atoms. The van der Waals surface area contributed by atoms with Crippen LogP contribution in [0.5, 0.6) is 0 Å². The van der Waals surface area contributed by atoms with Crippen LogP contribution >= 0.6 is 11.3 Å². The molecule has 1 aliphatic carbocycles. The minimum Gasteiger partial charge on any atom is -0.309 e. The highest BCUT2D eigenvalue weighted by Gasteiger charge is 2.38. The summed E-state index contributed by atoms with van der Waals surface area (Å²) in [6.45, 7) is 4.68. The number of hydrogen-bond donors (Lipinski definition) is 0. The van der Waals surface area contributed by atoms with Gasteiger partial charge in [-0.1, -0.05) is 147 Å². The lowest BCUT2D eigenvalue weighted by Gasteiger charge is -2.31. The molecule has 0 fully saturated rings. The number of nitrogens with zero attached hydrogens (tertiary/aromatic N) is 2. The summed E-state index contributed by atoms with van der Waals surface area (Å²) < 4.78 is 18.6. The highest BCUT2D eigenvalue weighted by Crippen LogP contribution is 2.56. The molecule has 0 aliphatic heterocycles. The first-order chi connectivity index (χ1) is 29.0.